The lowest BCUT2D eigenvalue weighted by atomic mass is 9.99. The van der Waals surface area contributed by atoms with Crippen molar-refractivity contribution in [2.24, 2.45) is 5.92 Å². The van der Waals surface area contributed by atoms with Crippen LogP contribution in [0.1, 0.15) is 41.4 Å². The molecule has 0 aromatic carbocycles. The fourth-order valence-electron chi connectivity index (χ4n) is 2.20. The van der Waals surface area contributed by atoms with Gasteiger partial charge in [0.2, 0.25) is 0 Å². The standard InChI is InChI=1S/C13H22N2S2/c1-4-6-14-12(11-5-7-16-8-11)13-15-9(2)10(3)17-13/h11-12,14H,4-8H2,1-3H3. The maximum atomic E-state index is 4.75. The smallest absolute Gasteiger partial charge is 0.110 e. The lowest BCUT2D eigenvalue weighted by Gasteiger charge is -2.22. The minimum Gasteiger partial charge on any atom is -0.308 e. The zero-order chi connectivity index (χ0) is 12.3. The quantitative estimate of drug-likeness (QED) is 0.885. The normalized spacial score (nSPS) is 21.9. The Morgan fingerprint density at radius 1 is 1.47 bits per heavy atom. The summed E-state index contributed by atoms with van der Waals surface area (Å²) in [5, 5.41) is 5.01. The van der Waals surface area contributed by atoms with Gasteiger partial charge in [-0.1, -0.05) is 6.92 Å². The molecule has 96 valence electrons. The first-order valence-corrected chi connectivity index (χ1v) is 8.44. The Labute approximate surface area is 113 Å². The highest BCUT2D eigenvalue weighted by molar-refractivity contribution is 7.99. The molecule has 1 aliphatic heterocycles. The summed E-state index contributed by atoms with van der Waals surface area (Å²) in [7, 11) is 0. The van der Waals surface area contributed by atoms with Crippen LogP contribution in [0.2, 0.25) is 0 Å². The molecule has 2 atom stereocenters. The average molecular weight is 270 g/mol. The van der Waals surface area contributed by atoms with Crippen LogP contribution in [0.3, 0.4) is 0 Å². The zero-order valence-electron chi connectivity index (χ0n) is 11.0. The molecule has 17 heavy (non-hydrogen) atoms. The van der Waals surface area contributed by atoms with Crippen molar-refractivity contribution in [2.45, 2.75) is 39.7 Å². The number of aryl methyl sites for hydroxylation is 2. The molecule has 0 spiro atoms. The lowest BCUT2D eigenvalue weighted by Crippen LogP contribution is -2.29. The molecule has 1 aromatic heterocycles. The molecular formula is C13H22N2S2. The van der Waals surface area contributed by atoms with E-state index in [4.69, 9.17) is 4.98 Å². The van der Waals surface area contributed by atoms with Crippen LogP contribution in [0, 0.1) is 19.8 Å². The number of thiazole rings is 1. The summed E-state index contributed by atoms with van der Waals surface area (Å²) in [5.41, 5.74) is 1.21. The van der Waals surface area contributed by atoms with Gasteiger partial charge in [-0.05, 0) is 50.7 Å². The molecule has 0 saturated carbocycles. The van der Waals surface area contributed by atoms with Crippen LogP contribution in [0.5, 0.6) is 0 Å². The van der Waals surface area contributed by atoms with E-state index in [0.717, 1.165) is 12.5 Å². The number of hydrogen-bond acceptors (Lipinski definition) is 4. The second-order valence-electron chi connectivity index (χ2n) is 4.75. The van der Waals surface area contributed by atoms with Crippen molar-refractivity contribution in [1.82, 2.24) is 10.3 Å². The molecule has 1 aromatic rings. The second kappa shape index (κ2) is 6.21. The van der Waals surface area contributed by atoms with E-state index in [2.05, 4.69) is 37.8 Å². The van der Waals surface area contributed by atoms with Crippen molar-refractivity contribution >= 4 is 23.1 Å². The van der Waals surface area contributed by atoms with Gasteiger partial charge in [-0.2, -0.15) is 11.8 Å². The van der Waals surface area contributed by atoms with Gasteiger partial charge in [0.1, 0.15) is 5.01 Å². The van der Waals surface area contributed by atoms with E-state index in [9.17, 15) is 0 Å². The molecule has 1 fully saturated rings. The van der Waals surface area contributed by atoms with Gasteiger partial charge in [-0.3, -0.25) is 0 Å². The average Bonchev–Trinajstić information content (AvgIpc) is 2.92. The van der Waals surface area contributed by atoms with Crippen molar-refractivity contribution < 1.29 is 0 Å². The van der Waals surface area contributed by atoms with Crippen molar-refractivity contribution in [1.29, 1.82) is 0 Å². The summed E-state index contributed by atoms with van der Waals surface area (Å²) in [6, 6.07) is 0.488. The Hall–Kier alpha value is -0.0600. The predicted octanol–water partition coefficient (Wildman–Crippen LogP) is 3.55. The van der Waals surface area contributed by atoms with Crippen LogP contribution in [-0.2, 0) is 0 Å². The number of nitrogens with one attached hydrogen (secondary N) is 1. The third-order valence-corrected chi connectivity index (χ3v) is 5.71. The van der Waals surface area contributed by atoms with Crippen LogP contribution < -0.4 is 5.32 Å². The molecule has 0 aliphatic carbocycles. The van der Waals surface area contributed by atoms with Crippen molar-refractivity contribution in [3.8, 4) is 0 Å². The summed E-state index contributed by atoms with van der Waals surface area (Å²) >= 11 is 3.96. The van der Waals surface area contributed by atoms with Crippen LogP contribution in [0.4, 0.5) is 0 Å². The fourth-order valence-corrected chi connectivity index (χ4v) is 4.59. The Bertz CT molecular complexity index is 337. The van der Waals surface area contributed by atoms with Gasteiger partial charge < -0.3 is 5.32 Å². The Kier molecular flexibility index (Phi) is 4.88. The van der Waals surface area contributed by atoms with E-state index < -0.39 is 0 Å². The highest BCUT2D eigenvalue weighted by Crippen LogP contribution is 2.36. The topological polar surface area (TPSA) is 24.9 Å². The highest BCUT2D eigenvalue weighted by Gasteiger charge is 2.28. The van der Waals surface area contributed by atoms with Crippen LogP contribution in [-0.4, -0.2) is 23.0 Å². The molecule has 0 radical (unpaired) electrons. The van der Waals surface area contributed by atoms with Gasteiger partial charge in [0.05, 0.1) is 11.7 Å². The van der Waals surface area contributed by atoms with Gasteiger partial charge in [0.25, 0.3) is 0 Å². The lowest BCUT2D eigenvalue weighted by molar-refractivity contribution is 0.392. The van der Waals surface area contributed by atoms with E-state index in [1.165, 1.54) is 39.9 Å². The molecular weight excluding hydrogens is 248 g/mol. The van der Waals surface area contributed by atoms with E-state index >= 15 is 0 Å². The van der Waals surface area contributed by atoms with Crippen molar-refractivity contribution in [2.75, 3.05) is 18.1 Å². The third kappa shape index (κ3) is 3.24. The molecule has 0 amide bonds. The van der Waals surface area contributed by atoms with Gasteiger partial charge >= 0.3 is 0 Å². The summed E-state index contributed by atoms with van der Waals surface area (Å²) < 4.78 is 0. The SMILES string of the molecule is CCCNC(c1nc(C)c(C)s1)C1CCSC1. The van der Waals surface area contributed by atoms with Gasteiger partial charge in [0, 0.05) is 4.88 Å². The van der Waals surface area contributed by atoms with Gasteiger partial charge in [0.15, 0.2) is 0 Å². The monoisotopic (exact) mass is 270 g/mol. The van der Waals surface area contributed by atoms with E-state index in [0.29, 0.717) is 6.04 Å². The number of thioether (sulfide) groups is 1. The van der Waals surface area contributed by atoms with E-state index in [1.54, 1.807) is 0 Å². The molecule has 2 heterocycles. The third-order valence-electron chi connectivity index (χ3n) is 3.36. The number of hydrogen-bond donors (Lipinski definition) is 1. The number of aromatic nitrogens is 1. The van der Waals surface area contributed by atoms with Crippen LogP contribution in [0.15, 0.2) is 0 Å². The number of nitrogens with zero attached hydrogens (tertiary/aromatic N) is 1. The van der Waals surface area contributed by atoms with Gasteiger partial charge in [-0.25, -0.2) is 4.98 Å². The minimum atomic E-state index is 0.488. The van der Waals surface area contributed by atoms with Crippen molar-refractivity contribution in [3.63, 3.8) is 0 Å². The molecule has 4 heteroatoms. The Morgan fingerprint density at radius 3 is 2.82 bits per heavy atom. The first-order valence-electron chi connectivity index (χ1n) is 6.47. The van der Waals surface area contributed by atoms with E-state index in [-0.39, 0.29) is 0 Å². The maximum Gasteiger partial charge on any atom is 0.110 e. The molecule has 2 rings (SSSR count). The molecule has 2 nitrogen and oxygen atoms in total. The summed E-state index contributed by atoms with van der Waals surface area (Å²) in [4.78, 5) is 6.12. The molecule has 1 aliphatic rings. The molecule has 1 N–H and O–H groups in total. The predicted molar refractivity (Wildman–Crippen MR) is 78.1 cm³/mol. The number of rotatable bonds is 5. The summed E-state index contributed by atoms with van der Waals surface area (Å²) in [6.45, 7) is 7.63. The summed E-state index contributed by atoms with van der Waals surface area (Å²) in [5.74, 6) is 3.38. The van der Waals surface area contributed by atoms with E-state index in [1.807, 2.05) is 11.3 Å². The maximum absolute atomic E-state index is 4.75. The minimum absolute atomic E-state index is 0.488. The molecule has 0 bridgehead atoms. The molecule has 2 unspecified atom stereocenters. The fraction of sp³-hybridized carbons (Fsp3) is 0.769. The summed E-state index contributed by atoms with van der Waals surface area (Å²) in [6.07, 6.45) is 2.53. The van der Waals surface area contributed by atoms with Crippen LogP contribution >= 0.6 is 23.1 Å². The Balaban J connectivity index is 2.13. The first kappa shape index (κ1) is 13.4. The second-order valence-corrected chi connectivity index (χ2v) is 7.13. The van der Waals surface area contributed by atoms with Gasteiger partial charge in [-0.15, -0.1) is 11.3 Å². The first-order chi connectivity index (χ1) is 8.22. The highest BCUT2D eigenvalue weighted by atomic mass is 32.2. The zero-order valence-corrected chi connectivity index (χ0v) is 12.6. The Morgan fingerprint density at radius 2 is 2.29 bits per heavy atom. The van der Waals surface area contributed by atoms with Crippen LogP contribution in [0.25, 0.3) is 0 Å². The molecule has 1 saturated heterocycles. The largest absolute Gasteiger partial charge is 0.308 e. The van der Waals surface area contributed by atoms with Crippen molar-refractivity contribution in [3.05, 3.63) is 15.6 Å².